The maximum absolute atomic E-state index is 13.0. The summed E-state index contributed by atoms with van der Waals surface area (Å²) in [5.41, 5.74) is 8.30. The van der Waals surface area contributed by atoms with Gasteiger partial charge in [0.2, 0.25) is 11.8 Å². The van der Waals surface area contributed by atoms with E-state index in [1.54, 1.807) is 4.90 Å². The Morgan fingerprint density at radius 1 is 1.21 bits per heavy atom. The second kappa shape index (κ2) is 14.2. The molecule has 208 valence electrons. The molecule has 1 aliphatic heterocycles. The number of nitrogens with two attached hydrogens (primary N) is 1. The van der Waals surface area contributed by atoms with Crippen molar-refractivity contribution in [2.75, 3.05) is 39.8 Å². The number of methoxy groups -OCH3 is 1. The van der Waals surface area contributed by atoms with E-state index in [-0.39, 0.29) is 55.3 Å². The van der Waals surface area contributed by atoms with Crippen molar-refractivity contribution in [3.63, 3.8) is 0 Å². The second-order valence-corrected chi connectivity index (χ2v) is 9.51. The number of nitrogens with zero attached hydrogens (tertiary/aromatic N) is 4. The van der Waals surface area contributed by atoms with Crippen LogP contribution in [0.25, 0.3) is 0 Å². The monoisotopic (exact) mass is 531 g/mol. The van der Waals surface area contributed by atoms with E-state index in [1.165, 1.54) is 25.7 Å². The molecule has 1 saturated carbocycles. The van der Waals surface area contributed by atoms with Crippen LogP contribution >= 0.6 is 0 Å². The Balaban J connectivity index is 1.49. The lowest BCUT2D eigenvalue weighted by Crippen LogP contribution is -2.53. The maximum Gasteiger partial charge on any atom is 0.271 e. The molecule has 1 aromatic heterocycles. The van der Waals surface area contributed by atoms with Crippen LogP contribution in [0.5, 0.6) is 0 Å². The van der Waals surface area contributed by atoms with Crippen LogP contribution < -0.4 is 21.8 Å². The van der Waals surface area contributed by atoms with Crippen molar-refractivity contribution in [3.05, 3.63) is 24.3 Å². The molecule has 0 spiro atoms. The van der Waals surface area contributed by atoms with Gasteiger partial charge < -0.3 is 26.0 Å². The van der Waals surface area contributed by atoms with E-state index < -0.39 is 23.8 Å². The third kappa shape index (κ3) is 8.94. The second-order valence-electron chi connectivity index (χ2n) is 9.51. The number of hydrazine groups is 1. The average Bonchev–Trinajstić information content (AvgIpc) is 3.76. The number of nitrogens with one attached hydrogen (secondary N) is 4. The summed E-state index contributed by atoms with van der Waals surface area (Å²) in [6.07, 6.45) is 6.87. The number of ether oxygens (including phenoxy) is 1. The van der Waals surface area contributed by atoms with Gasteiger partial charge in [-0.15, -0.1) is 0 Å². The Morgan fingerprint density at radius 2 is 2.00 bits per heavy atom. The molecule has 0 aromatic carbocycles. The summed E-state index contributed by atoms with van der Waals surface area (Å²) in [6, 6.07) is 0. The quantitative estimate of drug-likeness (QED) is 0.128. The highest BCUT2D eigenvalue weighted by molar-refractivity contribution is 5.92. The van der Waals surface area contributed by atoms with Gasteiger partial charge in [-0.3, -0.25) is 40.0 Å². The number of piperidine rings is 1. The summed E-state index contributed by atoms with van der Waals surface area (Å²) >= 11 is 0. The van der Waals surface area contributed by atoms with Gasteiger partial charge in [-0.25, -0.2) is 4.98 Å². The van der Waals surface area contributed by atoms with Crippen LogP contribution in [0.3, 0.4) is 0 Å². The van der Waals surface area contributed by atoms with Crippen molar-refractivity contribution in [1.82, 2.24) is 35.9 Å². The number of hydrogen-bond acceptors (Lipinski definition) is 8. The Morgan fingerprint density at radius 3 is 2.66 bits per heavy atom. The summed E-state index contributed by atoms with van der Waals surface area (Å²) in [6.45, 7) is 1.81. The van der Waals surface area contributed by atoms with Crippen molar-refractivity contribution in [2.24, 2.45) is 17.6 Å². The fourth-order valence-electron chi connectivity index (χ4n) is 4.29. The lowest BCUT2D eigenvalue weighted by Gasteiger charge is -2.33. The molecule has 4 amide bonds. The van der Waals surface area contributed by atoms with E-state index in [9.17, 15) is 19.2 Å². The van der Waals surface area contributed by atoms with Crippen LogP contribution in [0, 0.1) is 17.2 Å². The summed E-state index contributed by atoms with van der Waals surface area (Å²) < 4.78 is 5.30. The zero-order valence-electron chi connectivity index (χ0n) is 21.6. The van der Waals surface area contributed by atoms with E-state index in [1.807, 2.05) is 0 Å². The average molecular weight is 532 g/mol. The van der Waals surface area contributed by atoms with E-state index in [4.69, 9.17) is 15.9 Å². The lowest BCUT2D eigenvalue weighted by molar-refractivity contribution is -0.147. The molecule has 38 heavy (non-hydrogen) atoms. The van der Waals surface area contributed by atoms with Gasteiger partial charge in [0.15, 0.2) is 5.96 Å². The summed E-state index contributed by atoms with van der Waals surface area (Å²) in [5.74, 6) is -1.34. The molecule has 2 fully saturated rings. The minimum atomic E-state index is -0.673. The predicted molar refractivity (Wildman–Crippen MR) is 136 cm³/mol. The number of carbonyl (C=O) groups is 4. The van der Waals surface area contributed by atoms with Gasteiger partial charge in [-0.1, -0.05) is 0 Å². The maximum atomic E-state index is 13.0. The molecule has 1 aliphatic carbocycles. The fourth-order valence-corrected chi connectivity index (χ4v) is 4.29. The first kappa shape index (κ1) is 28.8. The van der Waals surface area contributed by atoms with Crippen molar-refractivity contribution < 1.29 is 23.9 Å². The van der Waals surface area contributed by atoms with Gasteiger partial charge in [-0.05, 0) is 37.5 Å². The van der Waals surface area contributed by atoms with E-state index in [2.05, 4.69) is 26.0 Å². The molecule has 6 N–H and O–H groups in total. The molecule has 14 nitrogen and oxygen atoms in total. The lowest BCUT2D eigenvalue weighted by atomic mass is 9.98. The summed E-state index contributed by atoms with van der Waals surface area (Å²) in [4.78, 5) is 59.9. The number of aromatic nitrogens is 2. The van der Waals surface area contributed by atoms with Gasteiger partial charge in [0.1, 0.15) is 11.8 Å². The fraction of sp³-hybridized carbons (Fsp3) is 0.625. The molecular weight excluding hydrogens is 494 g/mol. The van der Waals surface area contributed by atoms with E-state index >= 15 is 0 Å². The molecule has 2 aliphatic rings. The minimum absolute atomic E-state index is 0.0117. The van der Waals surface area contributed by atoms with Crippen LogP contribution in [-0.4, -0.2) is 95.4 Å². The standard InChI is InChI=1S/C24H37N9O5/c1-38-21(17-4-5-17)23(37)31-33(12-10-29-22(36)18-14-27-8-9-28-18)20(35)7-6-19(34)30-13-16-3-2-11-32(15-16)24(25)26/h8-9,14,16-17,21H,2-7,10-13,15H2,1H3,(H3,25,26)(H,29,36)(H,30,34)(H,31,37)/t16-,21?/m0/s1. The highest BCUT2D eigenvalue weighted by Crippen LogP contribution is 2.34. The van der Waals surface area contributed by atoms with E-state index in [0.717, 1.165) is 37.2 Å². The molecule has 0 radical (unpaired) electrons. The predicted octanol–water partition coefficient (Wildman–Crippen LogP) is -1.01. The smallest absolute Gasteiger partial charge is 0.271 e. The van der Waals surface area contributed by atoms with Gasteiger partial charge in [-0.2, -0.15) is 0 Å². The molecule has 2 atom stereocenters. The topological polar surface area (TPSA) is 196 Å². The Labute approximate surface area is 221 Å². The zero-order chi connectivity index (χ0) is 27.5. The third-order valence-electron chi connectivity index (χ3n) is 6.54. The largest absolute Gasteiger partial charge is 0.371 e. The van der Waals surface area contributed by atoms with Gasteiger partial charge in [0.05, 0.1) is 12.7 Å². The van der Waals surface area contributed by atoms with Crippen molar-refractivity contribution in [1.29, 1.82) is 5.41 Å². The SMILES string of the molecule is COC(C(=O)NN(CCNC(=O)c1cnccn1)C(=O)CCC(=O)NC[C@@H]1CCCN(C(=N)N)C1)C1CC1. The van der Waals surface area contributed by atoms with Crippen molar-refractivity contribution in [2.45, 2.75) is 44.6 Å². The van der Waals surface area contributed by atoms with E-state index in [0.29, 0.717) is 13.1 Å². The molecule has 0 bridgehead atoms. The molecule has 1 saturated heterocycles. The van der Waals surface area contributed by atoms with Crippen LogP contribution in [0.15, 0.2) is 18.6 Å². The number of carbonyl (C=O) groups excluding carboxylic acids is 4. The molecule has 14 heteroatoms. The van der Waals surface area contributed by atoms with Crippen LogP contribution in [0.1, 0.15) is 49.0 Å². The van der Waals surface area contributed by atoms with Crippen molar-refractivity contribution in [3.8, 4) is 0 Å². The van der Waals surface area contributed by atoms with Crippen LogP contribution in [0.2, 0.25) is 0 Å². The molecule has 1 unspecified atom stereocenters. The van der Waals surface area contributed by atoms with Crippen LogP contribution in [0.4, 0.5) is 0 Å². The van der Waals surface area contributed by atoms with Crippen molar-refractivity contribution >= 4 is 29.6 Å². The number of hydrogen-bond donors (Lipinski definition) is 5. The Hall–Kier alpha value is -3.81. The summed E-state index contributed by atoms with van der Waals surface area (Å²) in [5, 5.41) is 14.2. The normalized spacial score (nSPS) is 17.7. The molecule has 1 aromatic rings. The van der Waals surface area contributed by atoms with Crippen LogP contribution in [-0.2, 0) is 19.1 Å². The third-order valence-corrected chi connectivity index (χ3v) is 6.54. The Kier molecular flexibility index (Phi) is 10.8. The molecule has 3 rings (SSSR count). The highest BCUT2D eigenvalue weighted by Gasteiger charge is 2.37. The first-order valence-corrected chi connectivity index (χ1v) is 12.8. The number of amides is 4. The van der Waals surface area contributed by atoms with Gasteiger partial charge >= 0.3 is 0 Å². The number of guanidine groups is 1. The number of rotatable bonds is 12. The first-order chi connectivity index (χ1) is 18.3. The van der Waals surface area contributed by atoms with Gasteiger partial charge in [0.25, 0.3) is 11.8 Å². The van der Waals surface area contributed by atoms with Gasteiger partial charge in [0, 0.05) is 58.5 Å². The zero-order valence-corrected chi connectivity index (χ0v) is 21.6. The Bertz CT molecular complexity index is 989. The molecular formula is C24H37N9O5. The number of likely N-dealkylation sites (tertiary alicyclic amines) is 1. The highest BCUT2D eigenvalue weighted by atomic mass is 16.5. The minimum Gasteiger partial charge on any atom is -0.371 e. The summed E-state index contributed by atoms with van der Waals surface area (Å²) in [7, 11) is 1.45. The first-order valence-electron chi connectivity index (χ1n) is 12.8. The molecule has 2 heterocycles.